The van der Waals surface area contributed by atoms with Gasteiger partial charge in [0.15, 0.2) is 0 Å². The number of para-hydroxylation sites is 1. The van der Waals surface area contributed by atoms with E-state index in [0.717, 1.165) is 42.0 Å². The fourth-order valence-corrected chi connectivity index (χ4v) is 4.13. The Morgan fingerprint density at radius 2 is 2.25 bits per heavy atom. The van der Waals surface area contributed by atoms with Crippen LogP contribution in [0.3, 0.4) is 0 Å². The van der Waals surface area contributed by atoms with Crippen molar-refractivity contribution in [2.24, 2.45) is 0 Å². The first-order valence-corrected chi connectivity index (χ1v) is 9.00. The van der Waals surface area contributed by atoms with E-state index in [2.05, 4.69) is 22.2 Å². The van der Waals surface area contributed by atoms with Gasteiger partial charge in [0.2, 0.25) is 5.91 Å². The van der Waals surface area contributed by atoms with Gasteiger partial charge in [0.05, 0.1) is 10.5 Å². The number of hydrogen-bond acceptors (Lipinski definition) is 5. The summed E-state index contributed by atoms with van der Waals surface area (Å²) in [6.45, 7) is 3.87. The molecule has 0 spiro atoms. The monoisotopic (exact) mass is 341 g/mol. The maximum atomic E-state index is 12.7. The molecule has 3 aromatic rings. The highest BCUT2D eigenvalue weighted by Gasteiger charge is 2.27. The summed E-state index contributed by atoms with van der Waals surface area (Å²) in [5, 5.41) is 9.38. The molecule has 3 heterocycles. The average molecular weight is 341 g/mol. The Morgan fingerprint density at radius 3 is 3.08 bits per heavy atom. The van der Waals surface area contributed by atoms with E-state index in [-0.39, 0.29) is 12.5 Å². The second-order valence-electron chi connectivity index (χ2n) is 6.22. The predicted molar refractivity (Wildman–Crippen MR) is 92.9 cm³/mol. The van der Waals surface area contributed by atoms with Crippen LogP contribution in [0, 0.1) is 6.92 Å². The molecule has 0 saturated carbocycles. The molecule has 1 atom stereocenters. The molecule has 2 aromatic heterocycles. The number of rotatable bonds is 3. The number of hydrogen-bond donors (Lipinski definition) is 0. The van der Waals surface area contributed by atoms with Gasteiger partial charge in [0, 0.05) is 30.1 Å². The highest BCUT2D eigenvalue weighted by Crippen LogP contribution is 2.29. The van der Waals surface area contributed by atoms with E-state index in [1.165, 1.54) is 4.88 Å². The number of likely N-dealkylation sites (tertiary alicyclic amines) is 1. The zero-order valence-corrected chi connectivity index (χ0v) is 14.4. The molecule has 1 aromatic carbocycles. The van der Waals surface area contributed by atoms with Crippen molar-refractivity contribution in [3.63, 3.8) is 0 Å². The molecule has 1 aliphatic heterocycles. The van der Waals surface area contributed by atoms with Crippen molar-refractivity contribution < 1.29 is 4.79 Å². The Kier molecular flexibility index (Phi) is 4.02. The Bertz CT molecular complexity index is 871. The molecule has 1 unspecified atom stereocenters. The van der Waals surface area contributed by atoms with Gasteiger partial charge in [0.1, 0.15) is 12.1 Å². The van der Waals surface area contributed by atoms with E-state index in [0.29, 0.717) is 5.92 Å². The van der Waals surface area contributed by atoms with Crippen molar-refractivity contribution in [3.05, 3.63) is 40.3 Å². The minimum atomic E-state index is 0.101. The second kappa shape index (κ2) is 6.32. The van der Waals surface area contributed by atoms with Crippen LogP contribution in [-0.2, 0) is 11.3 Å². The number of carbonyl (C=O) groups excluding carboxylic acids is 1. The highest BCUT2D eigenvalue weighted by molar-refractivity contribution is 7.11. The summed E-state index contributed by atoms with van der Waals surface area (Å²) >= 11 is 1.74. The lowest BCUT2D eigenvalue weighted by molar-refractivity contribution is -0.133. The SMILES string of the molecule is Cc1cnc(C2CCCN(C(=O)Cn3nnc4ccccc43)C2)s1. The molecule has 0 radical (unpaired) electrons. The molecule has 124 valence electrons. The van der Waals surface area contributed by atoms with Crippen LogP contribution >= 0.6 is 11.3 Å². The third-order valence-corrected chi connectivity index (χ3v) is 5.54. The Balaban J connectivity index is 1.48. The summed E-state index contributed by atoms with van der Waals surface area (Å²) in [5.41, 5.74) is 1.72. The van der Waals surface area contributed by atoms with Crippen molar-refractivity contribution in [3.8, 4) is 0 Å². The fraction of sp³-hybridized carbons (Fsp3) is 0.412. The van der Waals surface area contributed by atoms with Gasteiger partial charge < -0.3 is 4.90 Å². The number of carbonyl (C=O) groups is 1. The van der Waals surface area contributed by atoms with Crippen LogP contribution in [0.15, 0.2) is 30.5 Å². The van der Waals surface area contributed by atoms with E-state index in [4.69, 9.17) is 0 Å². The lowest BCUT2D eigenvalue weighted by Crippen LogP contribution is -2.41. The van der Waals surface area contributed by atoms with Gasteiger partial charge in [0.25, 0.3) is 0 Å². The molecule has 1 fully saturated rings. The lowest BCUT2D eigenvalue weighted by Gasteiger charge is -2.31. The van der Waals surface area contributed by atoms with E-state index < -0.39 is 0 Å². The molecular weight excluding hydrogens is 322 g/mol. The minimum absolute atomic E-state index is 0.101. The first-order valence-electron chi connectivity index (χ1n) is 8.19. The summed E-state index contributed by atoms with van der Waals surface area (Å²) in [6, 6.07) is 7.72. The number of nitrogens with zero attached hydrogens (tertiary/aromatic N) is 5. The van der Waals surface area contributed by atoms with Crippen LogP contribution in [0.4, 0.5) is 0 Å². The third-order valence-electron chi connectivity index (χ3n) is 4.47. The van der Waals surface area contributed by atoms with Crippen LogP contribution in [0.25, 0.3) is 11.0 Å². The van der Waals surface area contributed by atoms with Crippen molar-refractivity contribution in [1.82, 2.24) is 24.9 Å². The second-order valence-corrected chi connectivity index (χ2v) is 7.49. The van der Waals surface area contributed by atoms with Gasteiger partial charge in [-0.3, -0.25) is 4.79 Å². The lowest BCUT2D eigenvalue weighted by atomic mass is 9.99. The summed E-state index contributed by atoms with van der Waals surface area (Å²) in [6.07, 6.45) is 4.04. The molecule has 24 heavy (non-hydrogen) atoms. The first kappa shape index (κ1) is 15.3. The smallest absolute Gasteiger partial charge is 0.244 e. The Morgan fingerprint density at radius 1 is 1.38 bits per heavy atom. The van der Waals surface area contributed by atoms with Gasteiger partial charge in [-0.15, -0.1) is 16.4 Å². The number of aryl methyl sites for hydroxylation is 1. The molecule has 0 N–H and O–H groups in total. The number of fused-ring (bicyclic) bond motifs is 1. The standard InChI is InChI=1S/C17H19N5OS/c1-12-9-18-17(24-12)13-5-4-8-21(10-13)16(23)11-22-15-7-3-2-6-14(15)19-20-22/h2-3,6-7,9,13H,4-5,8,10-11H2,1H3. The van der Waals surface area contributed by atoms with E-state index in [9.17, 15) is 4.79 Å². The quantitative estimate of drug-likeness (QED) is 0.734. The van der Waals surface area contributed by atoms with Gasteiger partial charge >= 0.3 is 0 Å². The van der Waals surface area contributed by atoms with Crippen LogP contribution in [0.2, 0.25) is 0 Å². The molecule has 1 saturated heterocycles. The van der Waals surface area contributed by atoms with Crippen LogP contribution in [-0.4, -0.2) is 43.9 Å². The average Bonchev–Trinajstić information content (AvgIpc) is 3.22. The normalized spacial score (nSPS) is 18.2. The van der Waals surface area contributed by atoms with Crippen LogP contribution in [0.1, 0.15) is 28.6 Å². The maximum Gasteiger partial charge on any atom is 0.244 e. The number of thiazole rings is 1. The Labute approximate surface area is 144 Å². The van der Waals surface area contributed by atoms with E-state index >= 15 is 0 Å². The summed E-state index contributed by atoms with van der Waals surface area (Å²) in [4.78, 5) is 20.4. The molecule has 0 bridgehead atoms. The number of benzene rings is 1. The summed E-state index contributed by atoms with van der Waals surface area (Å²) in [7, 11) is 0. The largest absolute Gasteiger partial charge is 0.340 e. The van der Waals surface area contributed by atoms with Crippen molar-refractivity contribution in [1.29, 1.82) is 0 Å². The molecule has 6 nitrogen and oxygen atoms in total. The van der Waals surface area contributed by atoms with E-state index in [1.807, 2.05) is 35.4 Å². The van der Waals surface area contributed by atoms with E-state index in [1.54, 1.807) is 16.0 Å². The molecule has 1 aliphatic rings. The molecule has 1 amide bonds. The highest BCUT2D eigenvalue weighted by atomic mass is 32.1. The predicted octanol–water partition coefficient (Wildman–Crippen LogP) is 2.60. The molecule has 4 rings (SSSR count). The zero-order valence-electron chi connectivity index (χ0n) is 13.6. The number of amides is 1. The van der Waals surface area contributed by atoms with Crippen LogP contribution in [0.5, 0.6) is 0 Å². The molecule has 0 aliphatic carbocycles. The number of aromatic nitrogens is 4. The Hall–Kier alpha value is -2.28. The topological polar surface area (TPSA) is 63.9 Å². The minimum Gasteiger partial charge on any atom is -0.340 e. The van der Waals surface area contributed by atoms with Gasteiger partial charge in [-0.25, -0.2) is 9.67 Å². The van der Waals surface area contributed by atoms with Crippen molar-refractivity contribution in [2.45, 2.75) is 32.2 Å². The van der Waals surface area contributed by atoms with Crippen LogP contribution < -0.4 is 0 Å². The van der Waals surface area contributed by atoms with Crippen molar-refractivity contribution >= 4 is 28.3 Å². The van der Waals surface area contributed by atoms with Gasteiger partial charge in [-0.1, -0.05) is 17.3 Å². The first-order chi connectivity index (χ1) is 11.7. The fourth-order valence-electron chi connectivity index (χ4n) is 3.23. The molecular formula is C17H19N5OS. The third kappa shape index (κ3) is 2.91. The van der Waals surface area contributed by atoms with Gasteiger partial charge in [-0.05, 0) is 31.9 Å². The molecule has 7 heteroatoms. The van der Waals surface area contributed by atoms with Gasteiger partial charge in [-0.2, -0.15) is 0 Å². The summed E-state index contributed by atoms with van der Waals surface area (Å²) in [5.74, 6) is 0.456. The zero-order chi connectivity index (χ0) is 16.5. The number of piperidine rings is 1. The summed E-state index contributed by atoms with van der Waals surface area (Å²) < 4.78 is 1.69. The van der Waals surface area contributed by atoms with Crippen molar-refractivity contribution in [2.75, 3.05) is 13.1 Å². The maximum absolute atomic E-state index is 12.7.